The lowest BCUT2D eigenvalue weighted by atomic mass is 9.68. The van der Waals surface area contributed by atoms with Crippen molar-refractivity contribution in [2.24, 2.45) is 16.1 Å². The Bertz CT molecular complexity index is 502. The van der Waals surface area contributed by atoms with Gasteiger partial charge in [-0.1, -0.05) is 0 Å². The molecule has 2 N–H and O–H groups in total. The number of dihydropyridines is 1. The summed E-state index contributed by atoms with van der Waals surface area (Å²) < 4.78 is 0. The molecule has 0 aromatic rings. The Morgan fingerprint density at radius 1 is 1.19 bits per heavy atom. The van der Waals surface area contributed by atoms with E-state index in [4.69, 9.17) is 11.0 Å². The third-order valence-electron chi connectivity index (χ3n) is 2.85. The van der Waals surface area contributed by atoms with Crippen LogP contribution in [-0.4, -0.2) is 11.3 Å². The minimum Gasteiger partial charge on any atom is -0.399 e. The van der Waals surface area contributed by atoms with Gasteiger partial charge < -0.3 is 5.73 Å². The second-order valence-corrected chi connectivity index (χ2v) is 4.13. The quantitative estimate of drug-likeness (QED) is 0.647. The number of nitrogens with zero attached hydrogens (tertiary/aromatic N) is 4. The zero-order valence-corrected chi connectivity index (χ0v) is 9.37. The van der Waals surface area contributed by atoms with E-state index in [-0.39, 0.29) is 11.3 Å². The van der Waals surface area contributed by atoms with Crippen molar-refractivity contribution >= 4 is 5.71 Å². The highest BCUT2D eigenvalue weighted by atomic mass is 14.9. The van der Waals surface area contributed by atoms with Crippen LogP contribution in [0.3, 0.4) is 0 Å². The first-order valence-corrected chi connectivity index (χ1v) is 4.66. The summed E-state index contributed by atoms with van der Waals surface area (Å²) in [4.78, 5) is 4.22. The van der Waals surface area contributed by atoms with Crippen molar-refractivity contribution in [1.82, 2.24) is 0 Å². The molecule has 0 unspecified atom stereocenters. The molecule has 0 saturated heterocycles. The second-order valence-electron chi connectivity index (χ2n) is 4.13. The van der Waals surface area contributed by atoms with Crippen molar-refractivity contribution < 1.29 is 0 Å². The maximum Gasteiger partial charge on any atom is 0.208 e. The maximum absolute atomic E-state index is 9.18. The first-order chi connectivity index (χ1) is 7.36. The molecule has 0 atom stereocenters. The van der Waals surface area contributed by atoms with Crippen LogP contribution in [0.4, 0.5) is 0 Å². The normalized spacial score (nSPS) is 21.4. The molecule has 80 valence electrons. The van der Waals surface area contributed by atoms with Gasteiger partial charge in [-0.05, 0) is 20.8 Å². The molecule has 0 radical (unpaired) electrons. The van der Waals surface area contributed by atoms with E-state index in [0.717, 1.165) is 0 Å². The number of allylic oxidation sites excluding steroid dienone is 1. The number of nitrogens with two attached hydrogens (primary N) is 1. The molecule has 0 spiro atoms. The summed E-state index contributed by atoms with van der Waals surface area (Å²) in [5.74, 6) is 0. The van der Waals surface area contributed by atoms with Crippen LogP contribution in [0, 0.1) is 39.4 Å². The molecule has 1 rings (SSSR count). The number of rotatable bonds is 0. The SMILES string of the molecule is CC1=NC(C)(C)C(C#N)(C#N)C(N)=C1C#N. The van der Waals surface area contributed by atoms with E-state index in [0.29, 0.717) is 5.71 Å². The molecule has 1 aliphatic rings. The third-order valence-corrected chi connectivity index (χ3v) is 2.85. The van der Waals surface area contributed by atoms with E-state index in [1.807, 2.05) is 18.2 Å². The van der Waals surface area contributed by atoms with Gasteiger partial charge in [0.2, 0.25) is 5.41 Å². The fourth-order valence-corrected chi connectivity index (χ4v) is 1.83. The summed E-state index contributed by atoms with van der Waals surface area (Å²) in [6.45, 7) is 4.96. The van der Waals surface area contributed by atoms with Crippen LogP contribution in [0.15, 0.2) is 16.3 Å². The highest BCUT2D eigenvalue weighted by Gasteiger charge is 2.52. The van der Waals surface area contributed by atoms with Gasteiger partial charge in [0.25, 0.3) is 0 Å². The summed E-state index contributed by atoms with van der Waals surface area (Å²) >= 11 is 0. The van der Waals surface area contributed by atoms with Gasteiger partial charge in [0, 0.05) is 0 Å². The van der Waals surface area contributed by atoms with E-state index in [9.17, 15) is 10.5 Å². The molecule has 0 aromatic heterocycles. The molecule has 0 aliphatic carbocycles. The lowest BCUT2D eigenvalue weighted by molar-refractivity contribution is 0.346. The number of hydrogen-bond donors (Lipinski definition) is 1. The molecule has 0 bridgehead atoms. The lowest BCUT2D eigenvalue weighted by Crippen LogP contribution is -2.48. The maximum atomic E-state index is 9.18. The molecule has 5 nitrogen and oxygen atoms in total. The number of hydrogen-bond acceptors (Lipinski definition) is 5. The van der Waals surface area contributed by atoms with Gasteiger partial charge >= 0.3 is 0 Å². The van der Waals surface area contributed by atoms with Crippen LogP contribution in [0.1, 0.15) is 20.8 Å². The van der Waals surface area contributed by atoms with E-state index in [1.54, 1.807) is 20.8 Å². The summed E-state index contributed by atoms with van der Waals surface area (Å²) in [6.07, 6.45) is 0. The van der Waals surface area contributed by atoms with E-state index >= 15 is 0 Å². The predicted molar refractivity (Wildman–Crippen MR) is 57.7 cm³/mol. The second kappa shape index (κ2) is 3.36. The lowest BCUT2D eigenvalue weighted by Gasteiger charge is -2.37. The first-order valence-electron chi connectivity index (χ1n) is 4.66. The molecule has 0 aromatic carbocycles. The molecular weight excluding hydrogens is 202 g/mol. The van der Waals surface area contributed by atoms with Gasteiger partial charge in [0.1, 0.15) is 6.07 Å². The summed E-state index contributed by atoms with van der Waals surface area (Å²) in [5, 5.41) is 27.3. The van der Waals surface area contributed by atoms with Crippen LogP contribution in [0.2, 0.25) is 0 Å². The van der Waals surface area contributed by atoms with Crippen LogP contribution in [0.5, 0.6) is 0 Å². The van der Waals surface area contributed by atoms with Crippen molar-refractivity contribution in [2.75, 3.05) is 0 Å². The predicted octanol–water partition coefficient (Wildman–Crippen LogP) is 1.01. The number of aliphatic imine (C=N–C) groups is 1. The third kappa shape index (κ3) is 1.17. The van der Waals surface area contributed by atoms with Gasteiger partial charge in [0.15, 0.2) is 0 Å². The Balaban J connectivity index is 3.67. The Labute approximate surface area is 94.1 Å². The minimum absolute atomic E-state index is 0.00231. The van der Waals surface area contributed by atoms with Crippen LogP contribution in [-0.2, 0) is 0 Å². The molecule has 0 fully saturated rings. The van der Waals surface area contributed by atoms with Crippen LogP contribution >= 0.6 is 0 Å². The largest absolute Gasteiger partial charge is 0.399 e. The Kier molecular flexibility index (Phi) is 2.47. The summed E-state index contributed by atoms with van der Waals surface area (Å²) in [5.41, 5.74) is 3.85. The highest BCUT2D eigenvalue weighted by Crippen LogP contribution is 2.42. The van der Waals surface area contributed by atoms with Crippen molar-refractivity contribution in [3.05, 3.63) is 11.3 Å². The summed E-state index contributed by atoms with van der Waals surface area (Å²) in [6, 6.07) is 5.67. The zero-order chi connectivity index (χ0) is 12.6. The van der Waals surface area contributed by atoms with Gasteiger partial charge in [-0.25, -0.2) is 0 Å². The van der Waals surface area contributed by atoms with E-state index < -0.39 is 11.0 Å². The zero-order valence-electron chi connectivity index (χ0n) is 9.37. The van der Waals surface area contributed by atoms with Gasteiger partial charge in [-0.2, -0.15) is 15.8 Å². The first kappa shape index (κ1) is 11.8. The van der Waals surface area contributed by atoms with Crippen LogP contribution in [0.25, 0.3) is 0 Å². The van der Waals surface area contributed by atoms with Crippen molar-refractivity contribution in [2.45, 2.75) is 26.3 Å². The smallest absolute Gasteiger partial charge is 0.208 e. The monoisotopic (exact) mass is 213 g/mol. The average Bonchev–Trinajstić information content (AvgIpc) is 2.18. The van der Waals surface area contributed by atoms with Gasteiger partial charge in [-0.3, -0.25) is 4.99 Å². The Morgan fingerprint density at radius 2 is 1.69 bits per heavy atom. The molecule has 0 saturated carbocycles. The Morgan fingerprint density at radius 3 is 2.06 bits per heavy atom. The molecule has 1 aliphatic heterocycles. The molecule has 5 heteroatoms. The van der Waals surface area contributed by atoms with E-state index in [2.05, 4.69) is 4.99 Å². The standard InChI is InChI=1S/C11H11N5/c1-7-8(4-12)9(15)11(5-13,6-14)10(2,3)16-7/h15H2,1-3H3. The van der Waals surface area contributed by atoms with Crippen molar-refractivity contribution in [1.29, 1.82) is 15.8 Å². The Hall–Kier alpha value is -2.32. The molecular formula is C11H11N5. The van der Waals surface area contributed by atoms with Crippen molar-refractivity contribution in [3.8, 4) is 18.2 Å². The van der Waals surface area contributed by atoms with Gasteiger partial charge in [0.05, 0.1) is 34.7 Å². The fraction of sp³-hybridized carbons (Fsp3) is 0.455. The summed E-state index contributed by atoms with van der Waals surface area (Å²) in [7, 11) is 0. The van der Waals surface area contributed by atoms with Crippen LogP contribution < -0.4 is 5.73 Å². The van der Waals surface area contributed by atoms with Crippen molar-refractivity contribution in [3.63, 3.8) is 0 Å². The minimum atomic E-state index is -1.57. The fourth-order valence-electron chi connectivity index (χ4n) is 1.83. The van der Waals surface area contributed by atoms with E-state index in [1.165, 1.54) is 0 Å². The van der Waals surface area contributed by atoms with Gasteiger partial charge in [-0.15, -0.1) is 0 Å². The molecule has 0 amide bonds. The highest BCUT2D eigenvalue weighted by molar-refractivity contribution is 6.04. The average molecular weight is 213 g/mol. The molecule has 16 heavy (non-hydrogen) atoms. The molecule has 1 heterocycles. The number of nitriles is 3. The topological polar surface area (TPSA) is 110 Å².